The van der Waals surface area contributed by atoms with Crippen LogP contribution in [0.5, 0.6) is 0 Å². The summed E-state index contributed by atoms with van der Waals surface area (Å²) in [5.41, 5.74) is 1.84. The van der Waals surface area contributed by atoms with Crippen molar-refractivity contribution >= 4 is 56.6 Å². The summed E-state index contributed by atoms with van der Waals surface area (Å²) in [6.45, 7) is 3.67. The number of halogens is 2. The number of likely N-dealkylation sites (tertiary alicyclic amines) is 1. The summed E-state index contributed by atoms with van der Waals surface area (Å²) in [7, 11) is 0. The number of hydrogen-bond acceptors (Lipinski definition) is 6. The third kappa shape index (κ3) is 5.78. The summed E-state index contributed by atoms with van der Waals surface area (Å²) in [6.07, 6.45) is 5.76. The number of hydroxylamine groups is 3. The number of aryl methyl sites for hydroxylation is 1. The molecule has 3 aromatic rings. The zero-order valence-electron chi connectivity index (χ0n) is 20.2. The fourth-order valence-corrected chi connectivity index (χ4v) is 6.57. The average Bonchev–Trinajstić information content (AvgIpc) is 3.62. The molecule has 1 amide bonds. The van der Waals surface area contributed by atoms with E-state index >= 15 is 0 Å². The van der Waals surface area contributed by atoms with Crippen molar-refractivity contribution in [3.63, 3.8) is 0 Å². The Morgan fingerprint density at radius 1 is 1.14 bits per heavy atom. The third-order valence-corrected chi connectivity index (χ3v) is 8.99. The Morgan fingerprint density at radius 3 is 2.78 bits per heavy atom. The number of benzene rings is 1. The van der Waals surface area contributed by atoms with E-state index in [2.05, 4.69) is 15.2 Å². The molecule has 5 rings (SSSR count). The van der Waals surface area contributed by atoms with Gasteiger partial charge in [-0.3, -0.25) is 4.79 Å². The topological polar surface area (TPSA) is 81.2 Å². The van der Waals surface area contributed by atoms with Gasteiger partial charge in [0.1, 0.15) is 22.2 Å². The Bertz CT molecular complexity index is 1230. The van der Waals surface area contributed by atoms with Gasteiger partial charge in [0, 0.05) is 57.3 Å². The number of anilines is 1. The van der Waals surface area contributed by atoms with Gasteiger partial charge in [0.2, 0.25) is 5.91 Å². The number of fused-ring (bicyclic) bond motifs is 1. The molecule has 0 radical (unpaired) electrons. The van der Waals surface area contributed by atoms with Crippen molar-refractivity contribution in [1.29, 1.82) is 0 Å². The average molecular weight is 549 g/mol. The van der Waals surface area contributed by atoms with Crippen LogP contribution in [0.25, 0.3) is 10.3 Å². The molecular formula is C26H31Cl2N5O2S. The van der Waals surface area contributed by atoms with E-state index in [1.807, 2.05) is 24.3 Å². The maximum atomic E-state index is 13.5. The number of pyridine rings is 1. The van der Waals surface area contributed by atoms with Crippen molar-refractivity contribution < 1.29 is 9.44 Å². The van der Waals surface area contributed by atoms with Crippen LogP contribution in [-0.4, -0.2) is 53.2 Å². The third-order valence-electron chi connectivity index (χ3n) is 7.23. The lowest BCUT2D eigenvalue weighted by Crippen LogP contribution is -2.43. The van der Waals surface area contributed by atoms with Crippen LogP contribution in [-0.2, 0) is 11.2 Å². The lowest BCUT2D eigenvalue weighted by atomic mass is 10.0. The van der Waals surface area contributed by atoms with E-state index in [1.54, 1.807) is 17.4 Å². The van der Waals surface area contributed by atoms with Crippen molar-refractivity contribution in [3.8, 4) is 0 Å². The Kier molecular flexibility index (Phi) is 7.98. The van der Waals surface area contributed by atoms with E-state index in [4.69, 9.17) is 28.2 Å². The van der Waals surface area contributed by atoms with Crippen LogP contribution in [0.3, 0.4) is 0 Å². The Morgan fingerprint density at radius 2 is 1.97 bits per heavy atom. The van der Waals surface area contributed by atoms with E-state index in [1.165, 1.54) is 12.8 Å². The molecule has 2 aromatic heterocycles. The second kappa shape index (κ2) is 11.2. The van der Waals surface area contributed by atoms with E-state index in [0.717, 1.165) is 52.7 Å². The van der Waals surface area contributed by atoms with Gasteiger partial charge in [0.25, 0.3) is 0 Å². The highest BCUT2D eigenvalue weighted by Gasteiger charge is 2.35. The van der Waals surface area contributed by atoms with Crippen molar-refractivity contribution in [3.05, 3.63) is 56.2 Å². The number of hydrogen-bond donors (Lipinski definition) is 1. The van der Waals surface area contributed by atoms with E-state index in [-0.39, 0.29) is 16.6 Å². The lowest BCUT2D eigenvalue weighted by Gasteiger charge is -2.44. The molecule has 0 spiro atoms. The molecule has 7 nitrogen and oxygen atoms in total. The molecule has 36 heavy (non-hydrogen) atoms. The van der Waals surface area contributed by atoms with E-state index in [9.17, 15) is 10.0 Å². The zero-order chi connectivity index (χ0) is 25.1. The van der Waals surface area contributed by atoms with Crippen molar-refractivity contribution in [2.45, 2.75) is 51.0 Å². The molecule has 0 aliphatic carbocycles. The molecule has 2 fully saturated rings. The number of amides is 1. The number of nitrogens with one attached hydrogen (secondary N) is 1. The smallest absolute Gasteiger partial charge is 0.220 e. The summed E-state index contributed by atoms with van der Waals surface area (Å²) in [5, 5.41) is 18.4. The van der Waals surface area contributed by atoms with Crippen molar-refractivity contribution in [2.24, 2.45) is 0 Å². The fraction of sp³-hybridized carbons (Fsp3) is 0.500. The number of carbonyl (C=O) groups is 1. The first-order chi connectivity index (χ1) is 17.4. The molecule has 192 valence electrons. The van der Waals surface area contributed by atoms with Gasteiger partial charge >= 0.3 is 0 Å². The summed E-state index contributed by atoms with van der Waals surface area (Å²) in [4.78, 5) is 25.1. The Balaban J connectivity index is 1.08. The second-order valence-electron chi connectivity index (χ2n) is 9.73. The minimum absolute atomic E-state index is 0.0140. The largest absolute Gasteiger partial charge is 0.632 e. The number of aromatic nitrogens is 2. The molecule has 1 aromatic carbocycles. The molecule has 2 aliphatic heterocycles. The summed E-state index contributed by atoms with van der Waals surface area (Å²) in [6, 6.07) is 9.42. The first kappa shape index (κ1) is 25.7. The quantitative estimate of drug-likeness (QED) is 0.205. The summed E-state index contributed by atoms with van der Waals surface area (Å²) < 4.78 is -0.272. The summed E-state index contributed by atoms with van der Waals surface area (Å²) >= 11 is 13.8. The van der Waals surface area contributed by atoms with Crippen LogP contribution in [0, 0.1) is 5.21 Å². The maximum Gasteiger partial charge on any atom is 0.220 e. The highest BCUT2D eigenvalue weighted by Crippen LogP contribution is 2.40. The fourth-order valence-electron chi connectivity index (χ4n) is 5.33. The van der Waals surface area contributed by atoms with Gasteiger partial charge in [0.15, 0.2) is 0 Å². The highest BCUT2D eigenvalue weighted by atomic mass is 35.5. The predicted octanol–water partition coefficient (Wildman–Crippen LogP) is 5.89. The predicted molar refractivity (Wildman–Crippen MR) is 147 cm³/mol. The molecule has 1 N–H and O–H groups in total. The first-order valence-corrected chi connectivity index (χ1v) is 14.3. The van der Waals surface area contributed by atoms with Gasteiger partial charge < -0.3 is 20.1 Å². The highest BCUT2D eigenvalue weighted by molar-refractivity contribution is 7.18. The number of carbonyl (C=O) groups excluding carboxylic acids is 1. The number of thiazole rings is 1. The van der Waals surface area contributed by atoms with Gasteiger partial charge in [0.05, 0.1) is 28.1 Å². The maximum absolute atomic E-state index is 13.5. The van der Waals surface area contributed by atoms with Crippen LogP contribution in [0.1, 0.15) is 55.1 Å². The molecule has 10 heteroatoms. The Labute approximate surface area is 225 Å². The lowest BCUT2D eigenvalue weighted by molar-refractivity contribution is -0.898. The van der Waals surface area contributed by atoms with Crippen LogP contribution in [0.2, 0.25) is 10.0 Å². The van der Waals surface area contributed by atoms with Crippen LogP contribution in [0.15, 0.2) is 30.3 Å². The number of nitrogens with zero attached hydrogens (tertiary/aromatic N) is 4. The first-order valence-electron chi connectivity index (χ1n) is 12.7. The van der Waals surface area contributed by atoms with Crippen LogP contribution >= 0.6 is 34.5 Å². The molecule has 2 saturated heterocycles. The molecule has 4 heterocycles. The Hall–Kier alpha value is -1.97. The van der Waals surface area contributed by atoms with E-state index in [0.29, 0.717) is 48.9 Å². The van der Waals surface area contributed by atoms with Crippen LogP contribution in [0.4, 0.5) is 5.82 Å². The molecule has 0 bridgehead atoms. The van der Waals surface area contributed by atoms with Gasteiger partial charge in [-0.05, 0) is 37.1 Å². The van der Waals surface area contributed by atoms with Gasteiger partial charge in [-0.2, -0.15) is 0 Å². The van der Waals surface area contributed by atoms with Crippen LogP contribution < -0.4 is 10.2 Å². The van der Waals surface area contributed by atoms with Crippen molar-refractivity contribution in [2.75, 3.05) is 37.6 Å². The molecule has 2 aliphatic rings. The standard InChI is InChI=1S/C26H31Cl2N5O2S/c27-19-7-6-18(17-20(19)28)22-5-3-15-33(22,35)16-4-12-29-24(34)10-11-25-30-21-8-9-23(31-26(21)36-25)32-13-1-2-14-32/h6-9,17,22H,1-5,10-16H2,(H,29,34). The molecular weight excluding hydrogens is 517 g/mol. The number of rotatable bonds is 9. The van der Waals surface area contributed by atoms with Crippen molar-refractivity contribution in [1.82, 2.24) is 15.3 Å². The zero-order valence-corrected chi connectivity index (χ0v) is 22.5. The minimum atomic E-state index is -0.272. The second-order valence-corrected chi connectivity index (χ2v) is 11.6. The van der Waals surface area contributed by atoms with Gasteiger partial charge in [-0.15, -0.1) is 0 Å². The van der Waals surface area contributed by atoms with Gasteiger partial charge in [-0.1, -0.05) is 40.6 Å². The summed E-state index contributed by atoms with van der Waals surface area (Å²) in [5.74, 6) is 1.01. The molecule has 2 atom stereocenters. The number of quaternary nitrogens is 1. The van der Waals surface area contributed by atoms with E-state index < -0.39 is 0 Å². The van der Waals surface area contributed by atoms with Gasteiger partial charge in [-0.25, -0.2) is 9.97 Å². The molecule has 2 unspecified atom stereocenters. The molecule has 0 saturated carbocycles. The SMILES string of the molecule is O=C(CCc1nc2ccc(N3CCCC3)nc2s1)NCCC[N+]1([O-])CCCC1c1ccc(Cl)c(Cl)c1. The monoisotopic (exact) mass is 547 g/mol. The minimum Gasteiger partial charge on any atom is -0.632 e. The normalized spacial score (nSPS) is 22.0.